The van der Waals surface area contributed by atoms with Crippen molar-refractivity contribution >= 4 is 39.0 Å². The molecule has 0 bridgehead atoms. The molecule has 0 saturated carbocycles. The number of nitriles is 1. The van der Waals surface area contributed by atoms with Crippen molar-refractivity contribution in [3.8, 4) is 6.07 Å². The minimum Gasteiger partial charge on any atom is -0.389 e. The van der Waals surface area contributed by atoms with Gasteiger partial charge in [0.2, 0.25) is 5.95 Å². The van der Waals surface area contributed by atoms with Gasteiger partial charge in [0, 0.05) is 42.0 Å². The molecule has 1 fully saturated rings. The molecule has 3 N–H and O–H groups in total. The molecule has 8 nitrogen and oxygen atoms in total. The molecule has 222 valence electrons. The summed E-state index contributed by atoms with van der Waals surface area (Å²) in [5.74, 6) is 0.0715. The number of nitrogens with zero attached hydrogens (tertiary/aromatic N) is 5. The molecule has 0 aliphatic carbocycles. The molecule has 2 aromatic heterocycles. The second-order valence-corrected chi connectivity index (χ2v) is 12.7. The van der Waals surface area contributed by atoms with Crippen molar-refractivity contribution in [2.75, 3.05) is 43.9 Å². The van der Waals surface area contributed by atoms with Crippen LogP contribution in [0.2, 0.25) is 0 Å². The molecule has 6 rings (SSSR count). The summed E-state index contributed by atoms with van der Waals surface area (Å²) >= 11 is 1.01. The van der Waals surface area contributed by atoms with Crippen LogP contribution in [-0.2, 0) is 18.0 Å². The average molecular weight is 594 g/mol. The van der Waals surface area contributed by atoms with Crippen molar-refractivity contribution in [2.24, 2.45) is 5.92 Å². The molecule has 3 aliphatic heterocycles. The predicted molar refractivity (Wildman–Crippen MR) is 162 cm³/mol. The van der Waals surface area contributed by atoms with Crippen LogP contribution in [0.15, 0.2) is 12.4 Å². The number of nitrogens with one attached hydrogen (secondary N) is 1. The number of anilines is 2. The molecule has 0 spiro atoms. The van der Waals surface area contributed by atoms with Crippen LogP contribution in [0.4, 0.5) is 19.7 Å². The van der Waals surface area contributed by atoms with Gasteiger partial charge in [-0.1, -0.05) is 19.8 Å². The van der Waals surface area contributed by atoms with E-state index in [1.54, 1.807) is 6.20 Å². The molecule has 1 aromatic carbocycles. The van der Waals surface area contributed by atoms with Crippen LogP contribution in [0.3, 0.4) is 0 Å². The Morgan fingerprint density at radius 3 is 2.86 bits per heavy atom. The van der Waals surface area contributed by atoms with E-state index in [4.69, 9.17) is 15.5 Å². The number of unbranched alkanes of at least 4 members (excludes halogenated alkanes) is 2. The summed E-state index contributed by atoms with van der Waals surface area (Å²) < 4.78 is 37.1. The first kappa shape index (κ1) is 28.8. The van der Waals surface area contributed by atoms with E-state index in [-0.39, 0.29) is 27.6 Å². The number of nitrogens with two attached hydrogens (primary N) is 1. The smallest absolute Gasteiger partial charge is 0.225 e. The van der Waals surface area contributed by atoms with Crippen molar-refractivity contribution in [3.63, 3.8) is 0 Å². The van der Waals surface area contributed by atoms with Gasteiger partial charge in [-0.05, 0) is 62.9 Å². The Hall–Kier alpha value is -3.33. The highest BCUT2D eigenvalue weighted by Crippen LogP contribution is 2.47. The average Bonchev–Trinajstić information content (AvgIpc) is 3.73. The van der Waals surface area contributed by atoms with E-state index in [0.717, 1.165) is 49.5 Å². The highest BCUT2D eigenvalue weighted by molar-refractivity contribution is 7.17. The summed E-state index contributed by atoms with van der Waals surface area (Å²) in [6.07, 6.45) is 10.0. The van der Waals surface area contributed by atoms with Gasteiger partial charge in [0.15, 0.2) is 11.6 Å². The minimum atomic E-state index is -0.793. The van der Waals surface area contributed by atoms with E-state index in [2.05, 4.69) is 40.1 Å². The van der Waals surface area contributed by atoms with Crippen LogP contribution in [-0.4, -0.2) is 48.1 Å². The number of halogens is 2. The van der Waals surface area contributed by atoms with Crippen LogP contribution in [0.25, 0.3) is 16.7 Å². The lowest BCUT2D eigenvalue weighted by molar-refractivity contribution is 0.134. The van der Waals surface area contributed by atoms with Crippen molar-refractivity contribution in [3.05, 3.63) is 50.9 Å². The fourth-order valence-electron chi connectivity index (χ4n) is 6.68. The molecule has 3 aliphatic rings. The van der Waals surface area contributed by atoms with E-state index >= 15 is 4.39 Å². The first-order valence-corrected chi connectivity index (χ1v) is 15.7. The van der Waals surface area contributed by atoms with Crippen LogP contribution >= 0.6 is 11.3 Å². The van der Waals surface area contributed by atoms with Crippen molar-refractivity contribution in [1.82, 2.24) is 20.2 Å². The summed E-state index contributed by atoms with van der Waals surface area (Å²) in [5.41, 5.74) is 8.66. The maximum absolute atomic E-state index is 16.6. The summed E-state index contributed by atoms with van der Waals surface area (Å²) in [7, 11) is 2.19. The quantitative estimate of drug-likeness (QED) is 0.276. The Morgan fingerprint density at radius 2 is 2.05 bits per heavy atom. The van der Waals surface area contributed by atoms with Gasteiger partial charge in [0.1, 0.15) is 16.6 Å². The highest BCUT2D eigenvalue weighted by Gasteiger charge is 2.37. The summed E-state index contributed by atoms with van der Waals surface area (Å²) in [6.45, 7) is 6.74. The second-order valence-electron chi connectivity index (χ2n) is 11.7. The normalized spacial score (nSPS) is 19.6. The number of thiophene rings is 1. The summed E-state index contributed by atoms with van der Waals surface area (Å²) in [5, 5.41) is 13.6. The summed E-state index contributed by atoms with van der Waals surface area (Å²) in [6, 6.07) is 1.30. The number of rotatable bonds is 10. The zero-order chi connectivity index (χ0) is 29.4. The Kier molecular flexibility index (Phi) is 8.30. The van der Waals surface area contributed by atoms with E-state index in [0.29, 0.717) is 40.5 Å². The molecule has 42 heavy (non-hydrogen) atoms. The van der Waals surface area contributed by atoms with Gasteiger partial charge in [-0.15, -0.1) is 11.3 Å². The third-order valence-corrected chi connectivity index (χ3v) is 9.85. The minimum absolute atomic E-state index is 0.169. The third-order valence-electron chi connectivity index (χ3n) is 8.81. The summed E-state index contributed by atoms with van der Waals surface area (Å²) in [4.78, 5) is 14.2. The topological polar surface area (TPSA) is 103 Å². The van der Waals surface area contributed by atoms with E-state index in [1.807, 2.05) is 0 Å². The second kappa shape index (κ2) is 12.1. The van der Waals surface area contributed by atoms with Gasteiger partial charge < -0.3 is 25.6 Å². The SMILES string of the molecule is CCCN(C)CCCCC[C@@H]1CCN(c2ncc3c4c(c(C5NC=C(F)c6sc(N)c(C#N)c65)c(F)c3n2)COC4)C1. The zero-order valence-corrected chi connectivity index (χ0v) is 25.0. The number of hydrogen-bond donors (Lipinski definition) is 2. The Balaban J connectivity index is 1.25. The molecule has 0 radical (unpaired) electrons. The van der Waals surface area contributed by atoms with Crippen LogP contribution in [0.1, 0.15) is 84.2 Å². The first-order chi connectivity index (χ1) is 20.4. The van der Waals surface area contributed by atoms with Crippen molar-refractivity contribution in [2.45, 2.75) is 64.7 Å². The van der Waals surface area contributed by atoms with Crippen LogP contribution in [0.5, 0.6) is 0 Å². The fourth-order valence-corrected chi connectivity index (χ4v) is 7.65. The van der Waals surface area contributed by atoms with Crippen molar-refractivity contribution < 1.29 is 13.5 Å². The van der Waals surface area contributed by atoms with E-state index in [1.165, 1.54) is 38.3 Å². The molecule has 1 unspecified atom stereocenters. The van der Waals surface area contributed by atoms with Gasteiger partial charge in [0.05, 0.1) is 29.7 Å². The van der Waals surface area contributed by atoms with Gasteiger partial charge in [0.25, 0.3) is 0 Å². The molecule has 2 atom stereocenters. The molecule has 11 heteroatoms. The first-order valence-electron chi connectivity index (χ1n) is 14.9. The maximum atomic E-state index is 16.6. The molecule has 3 aromatic rings. The van der Waals surface area contributed by atoms with Gasteiger partial charge in [-0.25, -0.2) is 18.7 Å². The van der Waals surface area contributed by atoms with Crippen molar-refractivity contribution in [1.29, 1.82) is 5.26 Å². The predicted octanol–water partition coefficient (Wildman–Crippen LogP) is 6.00. The molecular formula is C31H37F2N7OS. The number of aromatic nitrogens is 2. The third kappa shape index (κ3) is 5.21. The van der Waals surface area contributed by atoms with Gasteiger partial charge in [-0.3, -0.25) is 0 Å². The lowest BCUT2D eigenvalue weighted by Gasteiger charge is -2.26. The van der Waals surface area contributed by atoms with Gasteiger partial charge >= 0.3 is 0 Å². The van der Waals surface area contributed by atoms with Gasteiger partial charge in [-0.2, -0.15) is 5.26 Å². The zero-order valence-electron chi connectivity index (χ0n) is 24.2. The van der Waals surface area contributed by atoms with E-state index < -0.39 is 17.7 Å². The molecule has 0 amide bonds. The van der Waals surface area contributed by atoms with Crippen LogP contribution < -0.4 is 16.0 Å². The number of ether oxygens (including phenoxy) is 1. The number of fused-ring (bicyclic) bond motifs is 4. The Labute approximate surface area is 249 Å². The molecule has 1 saturated heterocycles. The van der Waals surface area contributed by atoms with E-state index in [9.17, 15) is 9.65 Å². The molecular weight excluding hydrogens is 556 g/mol. The lowest BCUT2D eigenvalue weighted by Crippen LogP contribution is -2.25. The lowest BCUT2D eigenvalue weighted by atomic mass is 9.87. The highest BCUT2D eigenvalue weighted by atomic mass is 32.1. The number of hydrogen-bond acceptors (Lipinski definition) is 9. The number of benzene rings is 1. The Morgan fingerprint density at radius 1 is 1.21 bits per heavy atom. The fraction of sp³-hybridized carbons (Fsp3) is 0.516. The molecule has 5 heterocycles. The number of nitrogen functional groups attached to an aromatic ring is 1. The standard InChI is InChI=1S/C31H37F2N7OS/c1-3-9-39(2)10-6-4-5-7-18-8-11-40(15-18)31-37-13-20-21-16-41-17-22(21)24(26(33)27(20)38-31)28-25-19(12-34)30(35)42-29(25)23(32)14-36-28/h13-14,18,28,36H,3-11,15-17,35H2,1-2H3/t18-,28?/m1/s1. The Bertz CT molecular complexity index is 1570. The monoisotopic (exact) mass is 593 g/mol. The maximum Gasteiger partial charge on any atom is 0.225 e. The largest absolute Gasteiger partial charge is 0.389 e. The van der Waals surface area contributed by atoms with Crippen LogP contribution in [0, 0.1) is 23.1 Å².